The van der Waals surface area contributed by atoms with Crippen molar-refractivity contribution in [1.29, 1.82) is 0 Å². The number of halogens is 2. The molecule has 0 saturated heterocycles. The fourth-order valence-electron chi connectivity index (χ4n) is 1.79. The fourth-order valence-corrected chi connectivity index (χ4v) is 2.32. The summed E-state index contributed by atoms with van der Waals surface area (Å²) in [7, 11) is 0. The van der Waals surface area contributed by atoms with Crippen molar-refractivity contribution in [2.75, 3.05) is 0 Å². The van der Waals surface area contributed by atoms with E-state index in [1.807, 2.05) is 26.0 Å². The third-order valence-corrected chi connectivity index (χ3v) is 3.50. The molecule has 21 heavy (non-hydrogen) atoms. The van der Waals surface area contributed by atoms with Crippen molar-refractivity contribution in [3.05, 3.63) is 55.6 Å². The number of rotatable bonds is 4. The van der Waals surface area contributed by atoms with Gasteiger partial charge in [-0.1, -0.05) is 41.4 Å². The van der Waals surface area contributed by atoms with Gasteiger partial charge in [0.05, 0.1) is 16.1 Å². The molecule has 1 aromatic heterocycles. The van der Waals surface area contributed by atoms with Crippen LogP contribution in [0.5, 0.6) is 11.6 Å². The Hall–Kier alpha value is -1.66. The van der Waals surface area contributed by atoms with E-state index < -0.39 is 4.92 Å². The molecular formula is C14H12BrClN2O3. The van der Waals surface area contributed by atoms with Gasteiger partial charge >= 0.3 is 5.69 Å². The molecule has 2 aromatic rings. The van der Waals surface area contributed by atoms with Gasteiger partial charge in [-0.2, -0.15) is 0 Å². The number of nitro groups is 1. The van der Waals surface area contributed by atoms with Crippen molar-refractivity contribution in [3.63, 3.8) is 0 Å². The average molecular weight is 372 g/mol. The molecule has 0 spiro atoms. The van der Waals surface area contributed by atoms with Crippen LogP contribution in [0.2, 0.25) is 5.02 Å². The van der Waals surface area contributed by atoms with Gasteiger partial charge in [-0.3, -0.25) is 10.1 Å². The van der Waals surface area contributed by atoms with E-state index in [-0.39, 0.29) is 22.5 Å². The molecule has 0 bridgehead atoms. The van der Waals surface area contributed by atoms with Crippen molar-refractivity contribution < 1.29 is 9.66 Å². The van der Waals surface area contributed by atoms with Crippen LogP contribution in [0.25, 0.3) is 0 Å². The smallest absolute Gasteiger partial charge is 0.332 e. The minimum Gasteiger partial charge on any atom is -0.433 e. The summed E-state index contributed by atoms with van der Waals surface area (Å²) in [5.41, 5.74) is 0.663. The lowest BCUT2D eigenvalue weighted by molar-refractivity contribution is -0.386. The SMILES string of the molecule is CC(C)c1cc(Br)ccc1Oc1ncc(Cl)cc1[N+](=O)[O-]. The van der Waals surface area contributed by atoms with Crippen LogP contribution in [0.1, 0.15) is 25.3 Å². The molecule has 110 valence electrons. The predicted octanol–water partition coefficient (Wildman–Crippen LogP) is 5.32. The van der Waals surface area contributed by atoms with Crippen LogP contribution in [0, 0.1) is 10.1 Å². The van der Waals surface area contributed by atoms with Crippen LogP contribution in [0.3, 0.4) is 0 Å². The molecule has 0 radical (unpaired) electrons. The number of hydrogen-bond donors (Lipinski definition) is 0. The summed E-state index contributed by atoms with van der Waals surface area (Å²) in [5, 5.41) is 11.2. The van der Waals surface area contributed by atoms with Crippen LogP contribution in [0.15, 0.2) is 34.9 Å². The molecule has 0 atom stereocenters. The van der Waals surface area contributed by atoms with E-state index in [0.717, 1.165) is 10.0 Å². The number of ether oxygens (including phenoxy) is 1. The van der Waals surface area contributed by atoms with Crippen molar-refractivity contribution in [3.8, 4) is 11.6 Å². The number of benzene rings is 1. The Bertz CT molecular complexity index is 692. The first-order valence-corrected chi connectivity index (χ1v) is 7.33. The van der Waals surface area contributed by atoms with Crippen molar-refractivity contribution in [2.45, 2.75) is 19.8 Å². The van der Waals surface area contributed by atoms with E-state index in [1.165, 1.54) is 12.3 Å². The highest BCUT2D eigenvalue weighted by Gasteiger charge is 2.20. The minimum absolute atomic E-state index is 0.0753. The highest BCUT2D eigenvalue weighted by molar-refractivity contribution is 9.10. The second-order valence-electron chi connectivity index (χ2n) is 4.67. The van der Waals surface area contributed by atoms with Crippen LogP contribution in [-0.2, 0) is 0 Å². The molecule has 2 rings (SSSR count). The molecule has 0 N–H and O–H groups in total. The summed E-state index contributed by atoms with van der Waals surface area (Å²) in [5.74, 6) is 0.656. The lowest BCUT2D eigenvalue weighted by atomic mass is 10.0. The molecule has 1 heterocycles. The monoisotopic (exact) mass is 370 g/mol. The minimum atomic E-state index is -0.567. The molecular weight excluding hydrogens is 360 g/mol. The normalized spacial score (nSPS) is 10.7. The first kappa shape index (κ1) is 15.7. The Morgan fingerprint density at radius 3 is 2.71 bits per heavy atom. The molecule has 0 unspecified atom stereocenters. The zero-order chi connectivity index (χ0) is 15.6. The second kappa shape index (κ2) is 6.41. The van der Waals surface area contributed by atoms with E-state index >= 15 is 0 Å². The summed E-state index contributed by atoms with van der Waals surface area (Å²) in [4.78, 5) is 14.4. The average Bonchev–Trinajstić information content (AvgIpc) is 2.42. The maximum Gasteiger partial charge on any atom is 0.332 e. The molecule has 0 aliphatic carbocycles. The quantitative estimate of drug-likeness (QED) is 0.539. The molecule has 0 saturated carbocycles. The highest BCUT2D eigenvalue weighted by Crippen LogP contribution is 2.36. The number of nitrogens with zero attached hydrogens (tertiary/aromatic N) is 2. The van der Waals surface area contributed by atoms with Gasteiger partial charge < -0.3 is 4.74 Å². The van der Waals surface area contributed by atoms with Crippen LogP contribution >= 0.6 is 27.5 Å². The van der Waals surface area contributed by atoms with Gasteiger partial charge in [-0.15, -0.1) is 0 Å². The van der Waals surface area contributed by atoms with Crippen molar-refractivity contribution in [2.24, 2.45) is 0 Å². The van der Waals surface area contributed by atoms with Crippen LogP contribution in [-0.4, -0.2) is 9.91 Å². The van der Waals surface area contributed by atoms with E-state index in [1.54, 1.807) is 6.07 Å². The first-order chi connectivity index (χ1) is 9.88. The van der Waals surface area contributed by atoms with E-state index in [2.05, 4.69) is 20.9 Å². The first-order valence-electron chi connectivity index (χ1n) is 6.15. The van der Waals surface area contributed by atoms with Gasteiger partial charge in [0, 0.05) is 10.5 Å². The number of pyridine rings is 1. The largest absolute Gasteiger partial charge is 0.433 e. The maximum atomic E-state index is 11.1. The Morgan fingerprint density at radius 2 is 2.10 bits per heavy atom. The standard InChI is InChI=1S/C14H12BrClN2O3/c1-8(2)11-5-9(15)3-4-13(11)21-14-12(18(19)20)6-10(16)7-17-14/h3-8H,1-2H3. The van der Waals surface area contributed by atoms with Gasteiger partial charge in [-0.25, -0.2) is 4.98 Å². The molecule has 7 heteroatoms. The zero-order valence-electron chi connectivity index (χ0n) is 11.3. The van der Waals surface area contributed by atoms with Crippen molar-refractivity contribution in [1.82, 2.24) is 4.98 Å². The molecule has 0 aliphatic rings. The topological polar surface area (TPSA) is 65.3 Å². The number of hydrogen-bond acceptors (Lipinski definition) is 4. The molecule has 5 nitrogen and oxygen atoms in total. The summed E-state index contributed by atoms with van der Waals surface area (Å²) in [6.45, 7) is 4.02. The molecule has 0 amide bonds. The third-order valence-electron chi connectivity index (χ3n) is 2.80. The maximum absolute atomic E-state index is 11.1. The van der Waals surface area contributed by atoms with Crippen molar-refractivity contribution >= 4 is 33.2 Å². The van der Waals surface area contributed by atoms with Gasteiger partial charge in [0.1, 0.15) is 5.75 Å². The highest BCUT2D eigenvalue weighted by atomic mass is 79.9. The third kappa shape index (κ3) is 3.71. The zero-order valence-corrected chi connectivity index (χ0v) is 13.7. The van der Waals surface area contributed by atoms with E-state index in [4.69, 9.17) is 16.3 Å². The Morgan fingerprint density at radius 1 is 1.38 bits per heavy atom. The molecule has 1 aromatic carbocycles. The van der Waals surface area contributed by atoms with Gasteiger partial charge in [0.25, 0.3) is 5.88 Å². The summed E-state index contributed by atoms with van der Waals surface area (Å²) >= 11 is 9.14. The Labute approximate surface area is 135 Å². The van der Waals surface area contributed by atoms with E-state index in [0.29, 0.717) is 5.75 Å². The van der Waals surface area contributed by atoms with Gasteiger partial charge in [0.2, 0.25) is 0 Å². The lowest BCUT2D eigenvalue weighted by Crippen LogP contribution is -1.99. The summed E-state index contributed by atoms with van der Waals surface area (Å²) in [6.07, 6.45) is 1.32. The van der Waals surface area contributed by atoms with Crippen LogP contribution in [0.4, 0.5) is 5.69 Å². The summed E-state index contributed by atoms with van der Waals surface area (Å²) < 4.78 is 6.55. The molecule has 0 fully saturated rings. The lowest BCUT2D eigenvalue weighted by Gasteiger charge is -2.13. The van der Waals surface area contributed by atoms with Crippen LogP contribution < -0.4 is 4.74 Å². The molecule has 0 aliphatic heterocycles. The summed E-state index contributed by atoms with van der Waals surface area (Å²) in [6, 6.07) is 6.70. The predicted molar refractivity (Wildman–Crippen MR) is 84.2 cm³/mol. The van der Waals surface area contributed by atoms with E-state index in [9.17, 15) is 10.1 Å². The second-order valence-corrected chi connectivity index (χ2v) is 6.03. The Kier molecular flexibility index (Phi) is 4.80. The van der Waals surface area contributed by atoms with Gasteiger partial charge in [0.15, 0.2) is 0 Å². The fraction of sp³-hybridized carbons (Fsp3) is 0.214. The van der Waals surface area contributed by atoms with Gasteiger partial charge in [-0.05, 0) is 29.7 Å². The Balaban J connectivity index is 2.46. The number of aromatic nitrogens is 1.